The Morgan fingerprint density at radius 2 is 1.00 bits per heavy atom. The normalized spacial score (nSPS) is 16.0. The summed E-state index contributed by atoms with van der Waals surface area (Å²) in [7, 11) is 1.00. The van der Waals surface area contributed by atoms with Crippen LogP contribution in [-0.2, 0) is 57.9 Å². The molecule has 13 rings (SSSR count). The number of likely N-dealkylation sites (tertiary alicyclic amines) is 3. The standard InChI is InChI=1S/C17H17FN2O.2C16H15FN2O.C12H14FNO4.C10H10FNO.C7H5FO.C5H8O2.CH4O/c1-12-9-19-6-5-14(12)10-20-11-15(8-17(20)21)13-3-2-4-16(18)7-13;17-15-5-1-4-13(7-15)14-8-16(20)19(11-14)10-12-3-2-6-18-9-12;17-15-3-1-2-13(8-15)14-9-16(20)19(11-14)10-12-4-6-18-7-5-12;1-2-18-12(15)7-10(8-14(16)17)9-4-3-5-11(13)6-9;11-9-3-1-2-7(4-9)8-5-10(13)12-6-8;8-7-3-1-2-6(4-7)5-9;1-3-5(6)7-4-2;1-2/h2-7,9,15H,8,10-11H2,1H3;1-7,9,14H,8,10-11H2;1-8,14H,9-11H2;3-6,10H,2,7-8H2,1H3;1-4,8H,5-6H2,(H,12,13);1-5H;3H,1,4H2,2H3;2H,1H3. The van der Waals surface area contributed by atoms with E-state index in [4.69, 9.17) is 9.84 Å². The summed E-state index contributed by atoms with van der Waals surface area (Å²) >= 11 is 0. The minimum absolute atomic E-state index is 0.0502. The van der Waals surface area contributed by atoms with Crippen LogP contribution in [0.4, 0.5) is 26.3 Å². The number of carbonyl (C=O) groups is 7. The van der Waals surface area contributed by atoms with E-state index in [1.54, 1.807) is 87.4 Å². The van der Waals surface area contributed by atoms with Crippen molar-refractivity contribution in [1.29, 1.82) is 0 Å². The summed E-state index contributed by atoms with van der Waals surface area (Å²) in [5.74, 6) is -2.60. The van der Waals surface area contributed by atoms with Crippen molar-refractivity contribution in [3.05, 3.63) is 326 Å². The minimum Gasteiger partial charge on any atom is -0.466 e. The molecule has 0 radical (unpaired) electrons. The molecule has 0 saturated carbocycles. The molecular formula is C84H88F6N8O12. The van der Waals surface area contributed by atoms with Crippen LogP contribution in [0.3, 0.4) is 0 Å². The minimum atomic E-state index is -0.672. The molecule has 3 aromatic heterocycles. The number of nitro groups is 1. The van der Waals surface area contributed by atoms with Gasteiger partial charge < -0.3 is 34.6 Å². The van der Waals surface area contributed by atoms with Gasteiger partial charge in [0.1, 0.15) is 41.2 Å². The van der Waals surface area contributed by atoms with Crippen LogP contribution in [0.1, 0.15) is 136 Å². The first-order valence-corrected chi connectivity index (χ1v) is 35.3. The molecule has 0 aliphatic carbocycles. The molecule has 4 amide bonds. The molecule has 20 nitrogen and oxygen atoms in total. The molecule has 4 aliphatic heterocycles. The molecule has 4 fully saturated rings. The molecule has 9 aromatic rings. The van der Waals surface area contributed by atoms with Crippen molar-refractivity contribution < 1.29 is 79.4 Å². The predicted octanol–water partition coefficient (Wildman–Crippen LogP) is 14.1. The Morgan fingerprint density at radius 1 is 0.555 bits per heavy atom. The van der Waals surface area contributed by atoms with Crippen molar-refractivity contribution in [2.24, 2.45) is 0 Å². The lowest BCUT2D eigenvalue weighted by atomic mass is 9.96. The van der Waals surface area contributed by atoms with Gasteiger partial charge in [0.2, 0.25) is 30.2 Å². The molecule has 5 atom stereocenters. The molecule has 0 bridgehead atoms. The van der Waals surface area contributed by atoms with Crippen LogP contribution in [0, 0.1) is 51.9 Å². The fourth-order valence-electron chi connectivity index (χ4n) is 12.1. The first-order valence-electron chi connectivity index (χ1n) is 35.3. The van der Waals surface area contributed by atoms with Crippen LogP contribution in [0.2, 0.25) is 0 Å². The van der Waals surface area contributed by atoms with Crippen molar-refractivity contribution in [1.82, 2.24) is 35.0 Å². The number of hydrogen-bond donors (Lipinski definition) is 2. The Hall–Kier alpha value is -12.1. The van der Waals surface area contributed by atoms with Crippen molar-refractivity contribution in [3.8, 4) is 0 Å². The molecule has 5 unspecified atom stereocenters. The van der Waals surface area contributed by atoms with E-state index in [2.05, 4.69) is 31.6 Å². The number of esters is 2. The second-order valence-corrected chi connectivity index (χ2v) is 25.4. The number of ether oxygens (including phenoxy) is 2. The number of aldehydes is 1. The van der Waals surface area contributed by atoms with E-state index in [9.17, 15) is 70.0 Å². The van der Waals surface area contributed by atoms with Crippen LogP contribution in [0.15, 0.2) is 226 Å². The van der Waals surface area contributed by atoms with E-state index < -0.39 is 29.2 Å². The Kier molecular flexibility index (Phi) is 36.5. The fraction of sp³-hybridized carbons (Fsp3) is 0.286. The summed E-state index contributed by atoms with van der Waals surface area (Å²) < 4.78 is 87.1. The average molecular weight is 1520 g/mol. The average Bonchev–Trinajstić information content (AvgIpc) is 1.69. The number of aryl methyl sites for hydroxylation is 1. The number of rotatable bonds is 19. The molecule has 110 heavy (non-hydrogen) atoms. The van der Waals surface area contributed by atoms with Gasteiger partial charge in [0, 0.05) is 156 Å². The third kappa shape index (κ3) is 29.9. The first-order chi connectivity index (χ1) is 53.0. The molecule has 26 heteroatoms. The van der Waals surface area contributed by atoms with Crippen LogP contribution in [0.5, 0.6) is 0 Å². The van der Waals surface area contributed by atoms with Gasteiger partial charge in [-0.05, 0) is 168 Å². The predicted molar refractivity (Wildman–Crippen MR) is 401 cm³/mol. The van der Waals surface area contributed by atoms with Crippen LogP contribution < -0.4 is 5.32 Å². The number of nitrogens with zero attached hydrogens (tertiary/aromatic N) is 7. The molecular weight excluding hydrogens is 1430 g/mol. The number of pyridine rings is 3. The third-order valence-corrected chi connectivity index (χ3v) is 17.5. The van der Waals surface area contributed by atoms with Gasteiger partial charge in [-0.3, -0.25) is 53.8 Å². The lowest BCUT2D eigenvalue weighted by Crippen LogP contribution is -2.24. The van der Waals surface area contributed by atoms with Crippen molar-refractivity contribution in [3.63, 3.8) is 0 Å². The molecule has 2 N–H and O–H groups in total. The number of carbonyl (C=O) groups excluding carboxylic acids is 7. The second kappa shape index (κ2) is 46.2. The number of aliphatic hydroxyl groups is 1. The lowest BCUT2D eigenvalue weighted by molar-refractivity contribution is -0.483. The highest BCUT2D eigenvalue weighted by molar-refractivity contribution is 5.82. The molecule has 7 heterocycles. The third-order valence-electron chi connectivity index (χ3n) is 17.5. The maximum atomic E-state index is 13.3. The lowest BCUT2D eigenvalue weighted by Gasteiger charge is -2.18. The smallest absolute Gasteiger partial charge is 0.330 e. The van der Waals surface area contributed by atoms with Gasteiger partial charge in [0.05, 0.1) is 25.6 Å². The highest BCUT2D eigenvalue weighted by atomic mass is 19.1. The van der Waals surface area contributed by atoms with Gasteiger partial charge in [-0.2, -0.15) is 0 Å². The molecule has 4 saturated heterocycles. The van der Waals surface area contributed by atoms with E-state index in [1.807, 2.05) is 76.2 Å². The van der Waals surface area contributed by atoms with Crippen molar-refractivity contribution in [2.75, 3.05) is 53.0 Å². The summed E-state index contributed by atoms with van der Waals surface area (Å²) in [4.78, 5) is 106. The Balaban J connectivity index is 0.000000204. The molecule has 4 aliphatic rings. The highest BCUT2D eigenvalue weighted by Crippen LogP contribution is 2.33. The Bertz CT molecular complexity index is 4360. The molecule has 0 spiro atoms. The molecule has 6 aromatic carbocycles. The summed E-state index contributed by atoms with van der Waals surface area (Å²) in [5.41, 5.74) is 8.67. The monoisotopic (exact) mass is 1510 g/mol. The number of amides is 4. The summed E-state index contributed by atoms with van der Waals surface area (Å²) in [6.45, 7) is 13.1. The topological polar surface area (TPSA) is 262 Å². The van der Waals surface area contributed by atoms with Gasteiger partial charge in [-0.15, -0.1) is 0 Å². The van der Waals surface area contributed by atoms with Gasteiger partial charge in [0.15, 0.2) is 0 Å². The Morgan fingerprint density at radius 3 is 1.40 bits per heavy atom. The maximum Gasteiger partial charge on any atom is 0.330 e. The van der Waals surface area contributed by atoms with Gasteiger partial charge in [0.25, 0.3) is 0 Å². The van der Waals surface area contributed by atoms with Crippen LogP contribution in [0.25, 0.3) is 0 Å². The van der Waals surface area contributed by atoms with Gasteiger partial charge >= 0.3 is 11.9 Å². The van der Waals surface area contributed by atoms with E-state index in [-0.39, 0.29) is 95.4 Å². The second-order valence-electron chi connectivity index (χ2n) is 25.4. The highest BCUT2D eigenvalue weighted by Gasteiger charge is 2.34. The van der Waals surface area contributed by atoms with Gasteiger partial charge in [-0.1, -0.05) is 85.4 Å². The summed E-state index contributed by atoms with van der Waals surface area (Å²) in [6, 6.07) is 46.6. The van der Waals surface area contributed by atoms with Crippen molar-refractivity contribution >= 4 is 41.9 Å². The largest absolute Gasteiger partial charge is 0.466 e. The SMILES string of the molecule is C=CC(=O)OCC.CCOC(=O)CC(C[N+](=O)[O-])c1cccc(F)c1.CO.Cc1cnccc1CN1CC(c2cccc(F)c2)CC1=O.O=C1CC(c2cccc(F)c2)CN1.O=C1CC(c2cccc(F)c2)CN1Cc1cccnc1.O=C1CC(c2cccc(F)c2)CN1Cc1ccncc1.O=Cc1cccc(F)c1. The van der Waals surface area contributed by atoms with Crippen molar-refractivity contribution in [2.45, 2.75) is 102 Å². The zero-order valence-electron chi connectivity index (χ0n) is 61.4. The zero-order valence-corrected chi connectivity index (χ0v) is 61.4. The van der Waals surface area contributed by atoms with E-state index in [1.165, 1.54) is 84.9 Å². The summed E-state index contributed by atoms with van der Waals surface area (Å²) in [6.07, 6.45) is 13.9. The van der Waals surface area contributed by atoms with E-state index >= 15 is 0 Å². The van der Waals surface area contributed by atoms with E-state index in [0.717, 1.165) is 57.7 Å². The number of halogens is 6. The summed E-state index contributed by atoms with van der Waals surface area (Å²) in [5, 5.41) is 20.3. The number of aliphatic hydroxyl groups excluding tert-OH is 1. The fourth-order valence-corrected chi connectivity index (χ4v) is 12.1. The number of nitrogens with one attached hydrogen (secondary N) is 1. The number of hydrogen-bond acceptors (Lipinski definition) is 15. The van der Waals surface area contributed by atoms with Crippen LogP contribution in [-0.4, -0.2) is 135 Å². The maximum absolute atomic E-state index is 13.3. The molecule has 578 valence electrons. The quantitative estimate of drug-likeness (QED) is 0.0190. The zero-order chi connectivity index (χ0) is 79.9. The number of benzene rings is 6. The number of aromatic nitrogens is 3. The first kappa shape index (κ1) is 86.9. The van der Waals surface area contributed by atoms with Crippen LogP contribution >= 0.6 is 0 Å². The Labute approximate surface area is 635 Å². The van der Waals surface area contributed by atoms with E-state index in [0.29, 0.717) is 95.5 Å². The van der Waals surface area contributed by atoms with Gasteiger partial charge in [-0.25, -0.2) is 31.1 Å².